The van der Waals surface area contributed by atoms with Crippen molar-refractivity contribution in [3.05, 3.63) is 36.0 Å². The Morgan fingerprint density at radius 1 is 1.11 bits per heavy atom. The zero-order valence-electron chi connectivity index (χ0n) is 19.6. The predicted molar refractivity (Wildman–Crippen MR) is 126 cm³/mol. The number of hydrogen-bond acceptors (Lipinski definition) is 8. The molecular formula is C23H27F3N6O2S. The molecule has 3 aromatic rings. The molecule has 35 heavy (non-hydrogen) atoms. The number of nitrogens with zero attached hydrogens (tertiary/aromatic N) is 5. The van der Waals surface area contributed by atoms with Gasteiger partial charge in [-0.25, -0.2) is 4.68 Å². The van der Waals surface area contributed by atoms with Gasteiger partial charge in [-0.2, -0.15) is 9.36 Å². The number of ether oxygens (including phenoxy) is 2. The number of halogens is 3. The van der Waals surface area contributed by atoms with Gasteiger partial charge in [-0.3, -0.25) is 0 Å². The molecule has 1 aliphatic carbocycles. The summed E-state index contributed by atoms with van der Waals surface area (Å²) in [5.74, 6) is 0.766. The molecule has 0 spiro atoms. The van der Waals surface area contributed by atoms with Crippen LogP contribution >= 0.6 is 11.5 Å². The monoisotopic (exact) mass is 508 g/mol. The Labute approximate surface area is 205 Å². The maximum absolute atomic E-state index is 12.8. The van der Waals surface area contributed by atoms with Gasteiger partial charge in [-0.05, 0) is 75.2 Å². The van der Waals surface area contributed by atoms with Crippen molar-refractivity contribution in [2.75, 3.05) is 23.3 Å². The summed E-state index contributed by atoms with van der Waals surface area (Å²) < 4.78 is 54.3. The minimum absolute atomic E-state index is 0.0843. The molecule has 1 aliphatic heterocycles. The summed E-state index contributed by atoms with van der Waals surface area (Å²) >= 11 is 1.54. The lowest BCUT2D eigenvalue weighted by molar-refractivity contribution is -0.275. The standard InChI is InChI=1S/C23H27F3N6O2S/c1-13(2)32-22(33-17-6-4-5-7-18(17)34-23(24,25)26)28-21(29-32)27-20-15-8-9-16(20)12-31(11-15)19-10-14(3)30-35-19/h4-7,10,13,15-16,20H,8-9,11-12H2,1-3H3,(H,27,29)/t15-,16+,20-. The Balaban J connectivity index is 1.33. The van der Waals surface area contributed by atoms with Crippen LogP contribution in [0.2, 0.25) is 0 Å². The van der Waals surface area contributed by atoms with E-state index in [2.05, 4.69) is 35.5 Å². The van der Waals surface area contributed by atoms with Crippen LogP contribution in [0.4, 0.5) is 24.1 Å². The first kappa shape index (κ1) is 23.7. The molecule has 2 aromatic heterocycles. The number of rotatable bonds is 7. The molecule has 1 N–H and O–H groups in total. The van der Waals surface area contributed by atoms with E-state index in [-0.39, 0.29) is 23.8 Å². The van der Waals surface area contributed by atoms with E-state index < -0.39 is 12.1 Å². The molecule has 0 radical (unpaired) electrons. The molecule has 2 fully saturated rings. The number of aromatic nitrogens is 4. The van der Waals surface area contributed by atoms with E-state index >= 15 is 0 Å². The lowest BCUT2D eigenvalue weighted by Crippen LogP contribution is -2.48. The summed E-state index contributed by atoms with van der Waals surface area (Å²) in [5, 5.41) is 9.27. The zero-order valence-corrected chi connectivity index (χ0v) is 20.4. The Hall–Kier alpha value is -3.02. The van der Waals surface area contributed by atoms with Gasteiger partial charge < -0.3 is 19.7 Å². The highest BCUT2D eigenvalue weighted by atomic mass is 32.1. The molecule has 2 bridgehead atoms. The maximum Gasteiger partial charge on any atom is 0.573 e. The molecule has 5 rings (SSSR count). The van der Waals surface area contributed by atoms with Gasteiger partial charge >= 0.3 is 12.4 Å². The third-order valence-corrected chi connectivity index (χ3v) is 7.36. The summed E-state index contributed by atoms with van der Waals surface area (Å²) in [4.78, 5) is 6.91. The molecule has 3 heterocycles. The van der Waals surface area contributed by atoms with Gasteiger partial charge in [0.2, 0.25) is 5.95 Å². The molecular weight excluding hydrogens is 481 g/mol. The topological polar surface area (TPSA) is 77.3 Å². The van der Waals surface area contributed by atoms with Crippen LogP contribution in [0.15, 0.2) is 30.3 Å². The van der Waals surface area contributed by atoms with Crippen molar-refractivity contribution in [2.24, 2.45) is 11.8 Å². The highest BCUT2D eigenvalue weighted by Crippen LogP contribution is 2.41. The zero-order chi connectivity index (χ0) is 24.7. The lowest BCUT2D eigenvalue weighted by Gasteiger charge is -2.38. The number of alkyl halides is 3. The first-order valence-corrected chi connectivity index (χ1v) is 12.4. The van der Waals surface area contributed by atoms with Crippen molar-refractivity contribution >= 4 is 22.5 Å². The van der Waals surface area contributed by atoms with Crippen LogP contribution in [0.25, 0.3) is 0 Å². The van der Waals surface area contributed by atoms with E-state index in [9.17, 15) is 13.2 Å². The number of aryl methyl sites for hydroxylation is 1. The fraction of sp³-hybridized carbons (Fsp3) is 0.522. The number of piperidine rings is 1. The second-order valence-electron chi connectivity index (χ2n) is 9.33. The summed E-state index contributed by atoms with van der Waals surface area (Å²) in [6.45, 7) is 7.69. The molecule has 1 saturated heterocycles. The van der Waals surface area contributed by atoms with Gasteiger partial charge in [-0.1, -0.05) is 12.1 Å². The molecule has 8 nitrogen and oxygen atoms in total. The first-order valence-electron chi connectivity index (χ1n) is 11.6. The Morgan fingerprint density at radius 3 is 2.40 bits per heavy atom. The van der Waals surface area contributed by atoms with Gasteiger partial charge in [0.15, 0.2) is 11.5 Å². The predicted octanol–water partition coefficient (Wildman–Crippen LogP) is 5.64. The Bertz CT molecular complexity index is 1170. The van der Waals surface area contributed by atoms with Crippen molar-refractivity contribution in [1.82, 2.24) is 19.1 Å². The van der Waals surface area contributed by atoms with Crippen molar-refractivity contribution in [3.63, 3.8) is 0 Å². The number of fused-ring (bicyclic) bond motifs is 2. The third kappa shape index (κ3) is 5.16. The van der Waals surface area contributed by atoms with E-state index in [0.717, 1.165) is 31.6 Å². The van der Waals surface area contributed by atoms with Crippen LogP contribution in [0, 0.1) is 18.8 Å². The van der Waals surface area contributed by atoms with E-state index in [1.807, 2.05) is 20.8 Å². The summed E-state index contributed by atoms with van der Waals surface area (Å²) in [6.07, 6.45) is -2.59. The smallest absolute Gasteiger partial charge is 0.420 e. The van der Waals surface area contributed by atoms with E-state index in [1.165, 1.54) is 34.7 Å². The van der Waals surface area contributed by atoms with Crippen molar-refractivity contribution in [1.29, 1.82) is 0 Å². The fourth-order valence-corrected chi connectivity index (χ4v) is 5.68. The van der Waals surface area contributed by atoms with Crippen LogP contribution in [0.1, 0.15) is 38.4 Å². The van der Waals surface area contributed by atoms with Gasteiger partial charge in [0.25, 0.3) is 0 Å². The molecule has 188 valence electrons. The second kappa shape index (κ2) is 9.21. The number of para-hydroxylation sites is 2. The van der Waals surface area contributed by atoms with Crippen molar-refractivity contribution in [3.8, 4) is 17.5 Å². The average molecular weight is 509 g/mol. The van der Waals surface area contributed by atoms with Crippen LogP contribution in [-0.2, 0) is 0 Å². The Morgan fingerprint density at radius 2 is 1.80 bits per heavy atom. The molecule has 1 saturated carbocycles. The molecule has 0 amide bonds. The highest BCUT2D eigenvalue weighted by molar-refractivity contribution is 7.10. The lowest BCUT2D eigenvalue weighted by atomic mass is 9.92. The maximum atomic E-state index is 12.8. The largest absolute Gasteiger partial charge is 0.573 e. The summed E-state index contributed by atoms with van der Waals surface area (Å²) in [7, 11) is 0. The van der Waals surface area contributed by atoms with Gasteiger partial charge in [0, 0.05) is 19.1 Å². The highest BCUT2D eigenvalue weighted by Gasteiger charge is 2.43. The van der Waals surface area contributed by atoms with E-state index in [0.29, 0.717) is 17.8 Å². The molecule has 1 aromatic carbocycles. The number of hydrogen-bond donors (Lipinski definition) is 1. The van der Waals surface area contributed by atoms with Crippen LogP contribution in [-0.4, -0.2) is 44.6 Å². The van der Waals surface area contributed by atoms with Crippen LogP contribution in [0.5, 0.6) is 17.5 Å². The van der Waals surface area contributed by atoms with E-state index in [1.54, 1.807) is 10.7 Å². The quantitative estimate of drug-likeness (QED) is 0.442. The van der Waals surface area contributed by atoms with Crippen LogP contribution in [0.3, 0.4) is 0 Å². The van der Waals surface area contributed by atoms with Gasteiger partial charge in [0.1, 0.15) is 5.00 Å². The van der Waals surface area contributed by atoms with Gasteiger partial charge in [0.05, 0.1) is 11.7 Å². The number of nitrogens with one attached hydrogen (secondary N) is 1. The fourth-order valence-electron chi connectivity index (χ4n) is 4.90. The second-order valence-corrected chi connectivity index (χ2v) is 10.1. The summed E-state index contributed by atoms with van der Waals surface area (Å²) in [5.41, 5.74) is 1.04. The minimum atomic E-state index is -4.83. The molecule has 0 unspecified atom stereocenters. The number of benzene rings is 1. The molecule has 3 atom stereocenters. The average Bonchev–Trinajstić information content (AvgIpc) is 3.45. The van der Waals surface area contributed by atoms with Crippen molar-refractivity contribution < 1.29 is 22.6 Å². The first-order chi connectivity index (χ1) is 16.7. The summed E-state index contributed by atoms with van der Waals surface area (Å²) in [6, 6.07) is 7.97. The number of anilines is 2. The Kier molecular flexibility index (Phi) is 6.24. The molecule has 2 aliphatic rings. The normalized spacial score (nSPS) is 22.0. The molecule has 12 heteroatoms. The minimum Gasteiger partial charge on any atom is -0.420 e. The van der Waals surface area contributed by atoms with E-state index in [4.69, 9.17) is 4.74 Å². The van der Waals surface area contributed by atoms with Gasteiger partial charge in [-0.15, -0.1) is 18.3 Å². The SMILES string of the molecule is Cc1cc(N2C[C@H]3CC[C@@H](C2)[C@@H]3Nc2nc(Oc3ccccc3OC(F)(F)F)n(C(C)C)n2)sn1. The van der Waals surface area contributed by atoms with Crippen molar-refractivity contribution in [2.45, 2.75) is 52.1 Å². The third-order valence-electron chi connectivity index (χ3n) is 6.42. The van der Waals surface area contributed by atoms with Crippen LogP contribution < -0.4 is 19.7 Å².